The molecule has 3 amide bonds. The van der Waals surface area contributed by atoms with Crippen LogP contribution >= 0.6 is 11.6 Å². The molecule has 0 radical (unpaired) electrons. The number of nitrogens with zero attached hydrogens (tertiary/aromatic N) is 1. The zero-order chi connectivity index (χ0) is 27.1. The maximum Gasteiger partial charge on any atom is 0.416 e. The molecule has 0 saturated carbocycles. The molecule has 1 aliphatic heterocycles. The molecule has 0 unspecified atom stereocenters. The van der Waals surface area contributed by atoms with E-state index in [1.165, 1.54) is 24.3 Å². The Labute approximate surface area is 209 Å². The molecule has 1 aliphatic rings. The fourth-order valence-electron chi connectivity index (χ4n) is 3.52. The van der Waals surface area contributed by atoms with Crippen molar-refractivity contribution in [3.63, 3.8) is 0 Å². The number of carbonyl (C=O) groups excluding carboxylic acids is 3. The highest BCUT2D eigenvalue weighted by molar-refractivity contribution is 6.31. The van der Waals surface area contributed by atoms with Crippen LogP contribution in [-0.4, -0.2) is 29.4 Å². The lowest BCUT2D eigenvalue weighted by Crippen LogP contribution is -2.33. The Morgan fingerprint density at radius 1 is 0.838 bits per heavy atom. The Bertz CT molecular complexity index is 1350. The number of anilines is 1. The zero-order valence-electron chi connectivity index (χ0n) is 18.2. The highest BCUT2D eigenvalue weighted by Crippen LogP contribution is 2.38. The number of alkyl halides is 6. The summed E-state index contributed by atoms with van der Waals surface area (Å²) in [6.07, 6.45) is -10.2. The maximum absolute atomic E-state index is 13.1. The average molecular weight is 543 g/mol. The van der Waals surface area contributed by atoms with E-state index in [0.29, 0.717) is 12.1 Å². The van der Waals surface area contributed by atoms with Crippen LogP contribution in [0.3, 0.4) is 0 Å². The monoisotopic (exact) mass is 542 g/mol. The first-order valence-corrected chi connectivity index (χ1v) is 10.6. The van der Waals surface area contributed by atoms with Gasteiger partial charge >= 0.3 is 12.4 Å². The van der Waals surface area contributed by atoms with E-state index < -0.39 is 53.6 Å². The number of nitrogens with one attached hydrogen (secondary N) is 1. The van der Waals surface area contributed by atoms with E-state index in [1.54, 1.807) is 12.1 Å². The molecule has 0 aromatic heterocycles. The number of fused-ring (bicyclic) bond motifs is 1. The van der Waals surface area contributed by atoms with Crippen molar-refractivity contribution in [1.82, 2.24) is 4.90 Å². The molecule has 4 rings (SSSR count). The van der Waals surface area contributed by atoms with Crippen molar-refractivity contribution >= 4 is 35.0 Å². The Kier molecular flexibility index (Phi) is 6.63. The molecule has 0 saturated heterocycles. The number of halogens is 7. The van der Waals surface area contributed by atoms with E-state index in [2.05, 4.69) is 0 Å². The summed E-state index contributed by atoms with van der Waals surface area (Å²) in [5.41, 5.74) is -4.09. The first kappa shape index (κ1) is 26.0. The van der Waals surface area contributed by atoms with Crippen molar-refractivity contribution in [2.24, 2.45) is 0 Å². The molecule has 0 fully saturated rings. The van der Waals surface area contributed by atoms with E-state index in [9.17, 15) is 40.7 Å². The molecule has 0 atom stereocenters. The summed E-state index contributed by atoms with van der Waals surface area (Å²) in [7, 11) is 0. The summed E-state index contributed by atoms with van der Waals surface area (Å²) in [6.45, 7) is -0.629. The minimum absolute atomic E-state index is 0.00162. The highest BCUT2D eigenvalue weighted by atomic mass is 35.5. The Morgan fingerprint density at radius 3 is 1.89 bits per heavy atom. The molecule has 6 nitrogen and oxygen atoms in total. The number of carbonyl (C=O) groups is 3. The summed E-state index contributed by atoms with van der Waals surface area (Å²) in [6, 6.07) is 10.2. The number of benzene rings is 3. The summed E-state index contributed by atoms with van der Waals surface area (Å²) in [5, 5.41) is 1.98. The average Bonchev–Trinajstić information content (AvgIpc) is 3.06. The Hall–Kier alpha value is -4.06. The van der Waals surface area contributed by atoms with Gasteiger partial charge in [-0.1, -0.05) is 23.7 Å². The molecule has 192 valence electrons. The molecule has 3 aromatic carbocycles. The van der Waals surface area contributed by atoms with Crippen molar-refractivity contribution in [3.05, 3.63) is 93.5 Å². The first-order chi connectivity index (χ1) is 17.3. The van der Waals surface area contributed by atoms with E-state index >= 15 is 0 Å². The lowest BCUT2D eigenvalue weighted by molar-refractivity contribution is -0.143. The van der Waals surface area contributed by atoms with E-state index in [1.807, 2.05) is 5.32 Å². The number of rotatable bonds is 5. The topological polar surface area (TPSA) is 75.7 Å². The third-order valence-electron chi connectivity index (χ3n) is 5.26. The molecule has 0 bridgehead atoms. The third-order valence-corrected chi connectivity index (χ3v) is 5.49. The van der Waals surface area contributed by atoms with Gasteiger partial charge in [-0.05, 0) is 48.5 Å². The molecular formula is C24H13ClF6N2O4. The lowest BCUT2D eigenvalue weighted by atomic mass is 10.1. The summed E-state index contributed by atoms with van der Waals surface area (Å²) in [4.78, 5) is 38.6. The quantitative estimate of drug-likeness (QED) is 0.305. The number of hydrogen-bond acceptors (Lipinski definition) is 4. The molecule has 37 heavy (non-hydrogen) atoms. The van der Waals surface area contributed by atoms with Crippen molar-refractivity contribution in [1.29, 1.82) is 0 Å². The standard InChI is InChI=1S/C24H13ClF6N2O4/c25-14-5-6-19(37-11-33-21(35)16-3-1-2-4-17(16)22(33)36)18(10-14)20(34)32-15-8-12(23(26,27)28)7-13(9-15)24(29,30)31/h1-10H,11H2,(H,32,34). The van der Waals surface area contributed by atoms with Gasteiger partial charge in [0.1, 0.15) is 5.75 Å². The molecule has 0 spiro atoms. The number of imide groups is 1. The maximum atomic E-state index is 13.1. The van der Waals surface area contributed by atoms with Gasteiger partial charge in [0.25, 0.3) is 17.7 Å². The highest BCUT2D eigenvalue weighted by Gasteiger charge is 2.38. The van der Waals surface area contributed by atoms with Crippen LogP contribution in [0.25, 0.3) is 0 Å². The molecule has 1 N–H and O–H groups in total. The second-order valence-corrected chi connectivity index (χ2v) is 8.18. The fraction of sp³-hybridized carbons (Fsp3) is 0.125. The zero-order valence-corrected chi connectivity index (χ0v) is 19.0. The second kappa shape index (κ2) is 9.43. The van der Waals surface area contributed by atoms with Crippen LogP contribution < -0.4 is 10.1 Å². The summed E-state index contributed by atoms with van der Waals surface area (Å²) in [5.74, 6) is -2.68. The van der Waals surface area contributed by atoms with Gasteiger partial charge < -0.3 is 10.1 Å². The normalized spacial score (nSPS) is 13.5. The lowest BCUT2D eigenvalue weighted by Gasteiger charge is -2.18. The van der Waals surface area contributed by atoms with Crippen molar-refractivity contribution in [3.8, 4) is 5.75 Å². The van der Waals surface area contributed by atoms with E-state index in [4.69, 9.17) is 16.3 Å². The van der Waals surface area contributed by atoms with Gasteiger partial charge in [0.15, 0.2) is 6.73 Å². The molecule has 0 aliphatic carbocycles. The van der Waals surface area contributed by atoms with Gasteiger partial charge in [0, 0.05) is 10.7 Å². The largest absolute Gasteiger partial charge is 0.472 e. The summed E-state index contributed by atoms with van der Waals surface area (Å²) >= 11 is 5.92. The molecule has 3 aromatic rings. The number of amides is 3. The Morgan fingerprint density at radius 2 is 1.38 bits per heavy atom. The summed E-state index contributed by atoms with van der Waals surface area (Å²) < 4.78 is 84.3. The molecular weight excluding hydrogens is 530 g/mol. The molecule has 1 heterocycles. The van der Waals surface area contributed by atoms with Gasteiger partial charge in [-0.25, -0.2) is 4.90 Å². The number of ether oxygens (including phenoxy) is 1. The van der Waals surface area contributed by atoms with E-state index in [-0.39, 0.29) is 33.5 Å². The third kappa shape index (κ3) is 5.38. The van der Waals surface area contributed by atoms with Crippen LogP contribution in [0.2, 0.25) is 5.02 Å². The van der Waals surface area contributed by atoms with Crippen LogP contribution in [0.4, 0.5) is 32.0 Å². The van der Waals surface area contributed by atoms with Crippen LogP contribution in [0, 0.1) is 0 Å². The van der Waals surface area contributed by atoms with Crippen LogP contribution in [0.5, 0.6) is 5.75 Å². The Balaban J connectivity index is 1.59. The van der Waals surface area contributed by atoms with Crippen LogP contribution in [0.15, 0.2) is 60.7 Å². The predicted octanol–water partition coefficient (Wildman–Crippen LogP) is 6.26. The fourth-order valence-corrected chi connectivity index (χ4v) is 3.69. The SMILES string of the molecule is O=C(Nc1cc(C(F)(F)F)cc(C(F)(F)F)c1)c1cc(Cl)ccc1OCN1C(=O)c2ccccc2C1=O. The van der Waals surface area contributed by atoms with Gasteiger partial charge in [-0.3, -0.25) is 14.4 Å². The van der Waals surface area contributed by atoms with Crippen molar-refractivity contribution in [2.45, 2.75) is 12.4 Å². The van der Waals surface area contributed by atoms with Gasteiger partial charge in [-0.2, -0.15) is 26.3 Å². The van der Waals surface area contributed by atoms with E-state index in [0.717, 1.165) is 11.0 Å². The minimum atomic E-state index is -5.11. The smallest absolute Gasteiger partial charge is 0.416 e. The molecule has 13 heteroatoms. The minimum Gasteiger partial charge on any atom is -0.472 e. The predicted molar refractivity (Wildman–Crippen MR) is 118 cm³/mol. The number of hydrogen-bond donors (Lipinski definition) is 1. The van der Waals surface area contributed by atoms with Crippen LogP contribution in [-0.2, 0) is 12.4 Å². The van der Waals surface area contributed by atoms with Crippen LogP contribution in [0.1, 0.15) is 42.2 Å². The first-order valence-electron chi connectivity index (χ1n) is 10.2. The van der Waals surface area contributed by atoms with Gasteiger partial charge in [-0.15, -0.1) is 0 Å². The van der Waals surface area contributed by atoms with Crippen molar-refractivity contribution in [2.75, 3.05) is 12.0 Å². The van der Waals surface area contributed by atoms with Crippen molar-refractivity contribution < 1.29 is 45.5 Å². The van der Waals surface area contributed by atoms with Gasteiger partial charge in [0.2, 0.25) is 0 Å². The van der Waals surface area contributed by atoms with Gasteiger partial charge in [0.05, 0.1) is 27.8 Å². The second-order valence-electron chi connectivity index (χ2n) is 7.75.